The lowest BCUT2D eigenvalue weighted by molar-refractivity contribution is -0.137. The number of carbonyl (C=O) groups is 1. The predicted octanol–water partition coefficient (Wildman–Crippen LogP) is 4.17. The van der Waals surface area contributed by atoms with Crippen molar-refractivity contribution in [3.05, 3.63) is 0 Å². The topological polar surface area (TPSA) is 40.5 Å². The summed E-state index contributed by atoms with van der Waals surface area (Å²) in [6, 6.07) is 0.691. The molecule has 0 amide bonds. The van der Waals surface area contributed by atoms with E-state index in [4.69, 9.17) is 5.11 Å². The second-order valence-electron chi connectivity index (χ2n) is 9.00. The number of piperidine rings is 1. The minimum atomic E-state index is -0.646. The van der Waals surface area contributed by atoms with Gasteiger partial charge in [-0.25, -0.2) is 0 Å². The lowest BCUT2D eigenvalue weighted by Gasteiger charge is -2.50. The monoisotopic (exact) mass is 295 g/mol. The van der Waals surface area contributed by atoms with E-state index < -0.39 is 5.97 Å². The van der Waals surface area contributed by atoms with Gasteiger partial charge in [-0.3, -0.25) is 4.79 Å². The summed E-state index contributed by atoms with van der Waals surface area (Å²) in [5, 5.41) is 8.88. The van der Waals surface area contributed by atoms with Gasteiger partial charge in [0, 0.05) is 19.0 Å². The Balaban J connectivity index is 1.95. The Morgan fingerprint density at radius 3 is 2.38 bits per heavy atom. The number of hydrogen-bond acceptors (Lipinski definition) is 2. The Hall–Kier alpha value is -0.570. The minimum Gasteiger partial charge on any atom is -0.481 e. The van der Waals surface area contributed by atoms with Crippen molar-refractivity contribution in [2.75, 3.05) is 13.1 Å². The van der Waals surface area contributed by atoms with Crippen LogP contribution in [-0.2, 0) is 4.79 Å². The van der Waals surface area contributed by atoms with Crippen LogP contribution in [-0.4, -0.2) is 35.1 Å². The molecule has 21 heavy (non-hydrogen) atoms. The second kappa shape index (κ2) is 6.28. The summed E-state index contributed by atoms with van der Waals surface area (Å²) < 4.78 is 0. The van der Waals surface area contributed by atoms with Crippen molar-refractivity contribution >= 4 is 5.97 Å². The van der Waals surface area contributed by atoms with Crippen molar-refractivity contribution < 1.29 is 9.90 Å². The molecule has 0 spiro atoms. The molecule has 122 valence electrons. The van der Waals surface area contributed by atoms with Crippen LogP contribution in [0, 0.1) is 16.7 Å². The molecular weight excluding hydrogens is 262 g/mol. The SMILES string of the molecule is CC1(C)CC(N2CCCC(CCC(=O)O)C2)CC(C)(C)C1. The van der Waals surface area contributed by atoms with Crippen LogP contribution in [0.5, 0.6) is 0 Å². The van der Waals surface area contributed by atoms with Crippen molar-refractivity contribution in [3.8, 4) is 0 Å². The molecule has 3 heteroatoms. The van der Waals surface area contributed by atoms with Gasteiger partial charge < -0.3 is 10.0 Å². The van der Waals surface area contributed by atoms with Crippen LogP contribution in [0.3, 0.4) is 0 Å². The second-order valence-corrected chi connectivity index (χ2v) is 9.00. The van der Waals surface area contributed by atoms with E-state index in [-0.39, 0.29) is 0 Å². The number of carboxylic acids is 1. The summed E-state index contributed by atoms with van der Waals surface area (Å²) in [7, 11) is 0. The summed E-state index contributed by atoms with van der Waals surface area (Å²) in [5.41, 5.74) is 0.862. The average Bonchev–Trinajstić information content (AvgIpc) is 2.33. The molecule has 0 aromatic carbocycles. The van der Waals surface area contributed by atoms with E-state index in [0.29, 0.717) is 29.2 Å². The maximum Gasteiger partial charge on any atom is 0.303 e. The molecule has 1 saturated carbocycles. The first-order valence-electron chi connectivity index (χ1n) is 8.63. The van der Waals surface area contributed by atoms with E-state index in [1.54, 1.807) is 0 Å². The first kappa shape index (κ1) is 16.8. The molecule has 0 radical (unpaired) electrons. The maximum absolute atomic E-state index is 10.8. The van der Waals surface area contributed by atoms with Crippen LogP contribution in [0.4, 0.5) is 0 Å². The van der Waals surface area contributed by atoms with Crippen LogP contribution in [0.15, 0.2) is 0 Å². The molecular formula is C18H33NO2. The Bertz CT molecular complexity index is 359. The molecule has 2 fully saturated rings. The van der Waals surface area contributed by atoms with Crippen molar-refractivity contribution in [1.82, 2.24) is 4.90 Å². The quantitative estimate of drug-likeness (QED) is 0.846. The molecule has 0 aromatic heterocycles. The zero-order valence-electron chi connectivity index (χ0n) is 14.3. The van der Waals surface area contributed by atoms with Gasteiger partial charge in [0.25, 0.3) is 0 Å². The molecule has 1 aliphatic carbocycles. The van der Waals surface area contributed by atoms with Gasteiger partial charge in [-0.1, -0.05) is 27.7 Å². The zero-order valence-corrected chi connectivity index (χ0v) is 14.3. The fraction of sp³-hybridized carbons (Fsp3) is 0.944. The van der Waals surface area contributed by atoms with Crippen molar-refractivity contribution in [1.29, 1.82) is 0 Å². The van der Waals surface area contributed by atoms with Gasteiger partial charge in [0.15, 0.2) is 0 Å². The summed E-state index contributed by atoms with van der Waals surface area (Å²) in [4.78, 5) is 13.5. The fourth-order valence-corrected chi connectivity index (χ4v) is 5.04. The summed E-state index contributed by atoms with van der Waals surface area (Å²) >= 11 is 0. The smallest absolute Gasteiger partial charge is 0.303 e. The molecule has 1 saturated heterocycles. The van der Waals surface area contributed by atoms with Gasteiger partial charge in [-0.05, 0) is 61.8 Å². The third-order valence-electron chi connectivity index (χ3n) is 5.37. The zero-order chi connectivity index (χ0) is 15.7. The Labute approximate surface area is 130 Å². The standard InChI is InChI=1S/C18H33NO2/c1-17(2)10-15(11-18(3,4)13-17)19-9-5-6-14(12-19)7-8-16(20)21/h14-15H,5-13H2,1-4H3,(H,20,21). The largest absolute Gasteiger partial charge is 0.481 e. The van der Waals surface area contributed by atoms with Crippen molar-refractivity contribution in [3.63, 3.8) is 0 Å². The summed E-state index contributed by atoms with van der Waals surface area (Å²) in [6.45, 7) is 12.0. The Morgan fingerprint density at radius 1 is 1.19 bits per heavy atom. The number of nitrogens with zero attached hydrogens (tertiary/aromatic N) is 1. The lowest BCUT2D eigenvalue weighted by Crippen LogP contribution is -2.49. The average molecular weight is 295 g/mol. The van der Waals surface area contributed by atoms with Crippen LogP contribution < -0.4 is 0 Å². The highest BCUT2D eigenvalue weighted by atomic mass is 16.4. The van der Waals surface area contributed by atoms with Gasteiger partial charge in [0.1, 0.15) is 0 Å². The van der Waals surface area contributed by atoms with Gasteiger partial charge in [-0.15, -0.1) is 0 Å². The van der Waals surface area contributed by atoms with E-state index in [2.05, 4.69) is 32.6 Å². The normalized spacial score (nSPS) is 30.2. The van der Waals surface area contributed by atoms with E-state index in [9.17, 15) is 4.79 Å². The molecule has 2 aliphatic rings. The Morgan fingerprint density at radius 2 is 1.81 bits per heavy atom. The first-order chi connectivity index (χ1) is 9.67. The highest BCUT2D eigenvalue weighted by Crippen LogP contribution is 2.47. The molecule has 1 N–H and O–H groups in total. The minimum absolute atomic E-state index is 0.333. The lowest BCUT2D eigenvalue weighted by atomic mass is 9.63. The Kier molecular flexibility index (Phi) is 5.02. The van der Waals surface area contributed by atoms with Gasteiger partial charge in [0.2, 0.25) is 0 Å². The molecule has 1 aliphatic heterocycles. The van der Waals surface area contributed by atoms with E-state index >= 15 is 0 Å². The highest BCUT2D eigenvalue weighted by molar-refractivity contribution is 5.66. The molecule has 1 heterocycles. The number of likely N-dealkylation sites (tertiary alicyclic amines) is 1. The highest BCUT2D eigenvalue weighted by Gasteiger charge is 2.41. The van der Waals surface area contributed by atoms with Gasteiger partial charge in [-0.2, -0.15) is 0 Å². The van der Waals surface area contributed by atoms with Crippen LogP contribution in [0.1, 0.15) is 72.6 Å². The van der Waals surface area contributed by atoms with E-state index in [1.807, 2.05) is 0 Å². The number of aliphatic carboxylic acids is 1. The van der Waals surface area contributed by atoms with Crippen molar-refractivity contribution in [2.45, 2.75) is 78.7 Å². The summed E-state index contributed by atoms with van der Waals surface area (Å²) in [6.07, 6.45) is 7.54. The van der Waals surface area contributed by atoms with Crippen LogP contribution in [0.2, 0.25) is 0 Å². The number of hydrogen-bond donors (Lipinski definition) is 1. The molecule has 1 unspecified atom stereocenters. The van der Waals surface area contributed by atoms with Crippen LogP contribution >= 0.6 is 0 Å². The van der Waals surface area contributed by atoms with E-state index in [0.717, 1.165) is 13.0 Å². The van der Waals surface area contributed by atoms with E-state index in [1.165, 1.54) is 38.6 Å². The third kappa shape index (κ3) is 4.98. The predicted molar refractivity (Wildman–Crippen MR) is 86.4 cm³/mol. The first-order valence-corrected chi connectivity index (χ1v) is 8.63. The summed E-state index contributed by atoms with van der Waals surface area (Å²) in [5.74, 6) is -0.0601. The molecule has 0 aromatic rings. The fourth-order valence-electron chi connectivity index (χ4n) is 5.04. The molecule has 3 nitrogen and oxygen atoms in total. The number of rotatable bonds is 4. The number of carboxylic acid groups (broad SMARTS) is 1. The molecule has 0 bridgehead atoms. The maximum atomic E-state index is 10.8. The third-order valence-corrected chi connectivity index (χ3v) is 5.37. The van der Waals surface area contributed by atoms with Crippen LogP contribution in [0.25, 0.3) is 0 Å². The van der Waals surface area contributed by atoms with Gasteiger partial charge in [0.05, 0.1) is 0 Å². The molecule has 1 atom stereocenters. The van der Waals surface area contributed by atoms with Crippen molar-refractivity contribution in [2.24, 2.45) is 16.7 Å². The van der Waals surface area contributed by atoms with Gasteiger partial charge >= 0.3 is 5.97 Å². The molecule has 2 rings (SSSR count).